The van der Waals surface area contributed by atoms with E-state index in [1.54, 1.807) is 12.1 Å². The van der Waals surface area contributed by atoms with Crippen molar-refractivity contribution < 1.29 is 13.9 Å². The summed E-state index contributed by atoms with van der Waals surface area (Å²) in [6, 6.07) is 6.09. The molecule has 1 rings (SSSR count). The number of halogens is 1. The van der Waals surface area contributed by atoms with Crippen molar-refractivity contribution in [3.05, 3.63) is 35.6 Å². The second kappa shape index (κ2) is 6.61. The third kappa shape index (κ3) is 4.36. The Bertz CT molecular complexity index is 385. The van der Waals surface area contributed by atoms with Crippen molar-refractivity contribution in [3.8, 4) is 0 Å². The van der Waals surface area contributed by atoms with E-state index in [4.69, 9.17) is 5.73 Å². The van der Waals surface area contributed by atoms with E-state index in [0.717, 1.165) is 5.56 Å². The number of methoxy groups -OCH3 is 1. The van der Waals surface area contributed by atoms with Gasteiger partial charge < -0.3 is 10.5 Å². The molecule has 0 bridgehead atoms. The van der Waals surface area contributed by atoms with E-state index >= 15 is 0 Å². The number of nitrogens with two attached hydrogens (primary N) is 1. The van der Waals surface area contributed by atoms with Crippen LogP contribution in [0.3, 0.4) is 0 Å². The average molecular weight is 257 g/mol. The summed E-state index contributed by atoms with van der Waals surface area (Å²) in [6.07, 6.45) is 0. The SMILES string of the molecule is COC(=O)CSC(c1cccc(F)c1)C(C)N. The Labute approximate surface area is 105 Å². The van der Waals surface area contributed by atoms with Crippen molar-refractivity contribution >= 4 is 17.7 Å². The zero-order valence-electron chi connectivity index (χ0n) is 9.85. The lowest BCUT2D eigenvalue weighted by atomic mass is 10.1. The maximum atomic E-state index is 13.1. The van der Waals surface area contributed by atoms with E-state index in [-0.39, 0.29) is 28.8 Å². The highest BCUT2D eigenvalue weighted by atomic mass is 32.2. The Morgan fingerprint density at radius 2 is 2.29 bits per heavy atom. The molecule has 0 radical (unpaired) electrons. The molecule has 3 nitrogen and oxygen atoms in total. The molecule has 0 aliphatic heterocycles. The van der Waals surface area contributed by atoms with Crippen molar-refractivity contribution in [2.45, 2.75) is 18.2 Å². The smallest absolute Gasteiger partial charge is 0.315 e. The number of rotatable bonds is 5. The van der Waals surface area contributed by atoms with E-state index in [1.165, 1.54) is 31.0 Å². The fraction of sp³-hybridized carbons (Fsp3) is 0.417. The van der Waals surface area contributed by atoms with Gasteiger partial charge in [-0.1, -0.05) is 12.1 Å². The van der Waals surface area contributed by atoms with Gasteiger partial charge in [-0.15, -0.1) is 11.8 Å². The molecule has 0 fully saturated rings. The van der Waals surface area contributed by atoms with Crippen molar-refractivity contribution in [1.82, 2.24) is 0 Å². The van der Waals surface area contributed by atoms with E-state index in [1.807, 2.05) is 6.92 Å². The summed E-state index contributed by atoms with van der Waals surface area (Å²) in [6.45, 7) is 1.83. The van der Waals surface area contributed by atoms with E-state index in [9.17, 15) is 9.18 Å². The monoisotopic (exact) mass is 257 g/mol. The Morgan fingerprint density at radius 1 is 1.59 bits per heavy atom. The molecular weight excluding hydrogens is 241 g/mol. The van der Waals surface area contributed by atoms with Gasteiger partial charge in [-0.2, -0.15) is 0 Å². The van der Waals surface area contributed by atoms with E-state index < -0.39 is 0 Å². The first-order valence-electron chi connectivity index (χ1n) is 5.24. The van der Waals surface area contributed by atoms with E-state index in [0.29, 0.717) is 0 Å². The van der Waals surface area contributed by atoms with Crippen molar-refractivity contribution in [3.63, 3.8) is 0 Å². The van der Waals surface area contributed by atoms with Gasteiger partial charge in [0, 0.05) is 11.3 Å². The highest BCUT2D eigenvalue weighted by Gasteiger charge is 2.18. The highest BCUT2D eigenvalue weighted by Crippen LogP contribution is 2.31. The fourth-order valence-electron chi connectivity index (χ4n) is 1.45. The molecule has 0 spiro atoms. The Balaban J connectivity index is 2.75. The van der Waals surface area contributed by atoms with Crippen molar-refractivity contribution in [1.29, 1.82) is 0 Å². The number of benzene rings is 1. The molecule has 2 atom stereocenters. The molecule has 0 heterocycles. The molecule has 0 amide bonds. The van der Waals surface area contributed by atoms with Crippen LogP contribution < -0.4 is 5.73 Å². The molecule has 0 saturated heterocycles. The predicted molar refractivity (Wildman–Crippen MR) is 67.3 cm³/mol. The number of carbonyl (C=O) groups excluding carboxylic acids is 1. The molecule has 2 N–H and O–H groups in total. The molecule has 0 saturated carbocycles. The lowest BCUT2D eigenvalue weighted by Gasteiger charge is -2.20. The molecule has 0 aliphatic rings. The highest BCUT2D eigenvalue weighted by molar-refractivity contribution is 8.00. The van der Waals surface area contributed by atoms with Crippen LogP contribution >= 0.6 is 11.8 Å². The zero-order chi connectivity index (χ0) is 12.8. The van der Waals surface area contributed by atoms with Crippen molar-refractivity contribution in [2.75, 3.05) is 12.9 Å². The van der Waals surface area contributed by atoms with E-state index in [2.05, 4.69) is 4.74 Å². The molecule has 1 aromatic carbocycles. The summed E-state index contributed by atoms with van der Waals surface area (Å²) >= 11 is 1.36. The maximum Gasteiger partial charge on any atom is 0.315 e. The van der Waals surface area contributed by atoms with Gasteiger partial charge in [-0.05, 0) is 24.6 Å². The fourth-order valence-corrected chi connectivity index (χ4v) is 2.53. The first-order chi connectivity index (χ1) is 8.04. The summed E-state index contributed by atoms with van der Waals surface area (Å²) in [4.78, 5) is 11.1. The van der Waals surface area contributed by atoms with Crippen LogP contribution in [0.1, 0.15) is 17.7 Å². The summed E-state index contributed by atoms with van der Waals surface area (Å²) < 4.78 is 17.7. The van der Waals surface area contributed by atoms with Gasteiger partial charge >= 0.3 is 5.97 Å². The number of thioether (sulfide) groups is 1. The first kappa shape index (κ1) is 14.0. The quantitative estimate of drug-likeness (QED) is 0.821. The largest absolute Gasteiger partial charge is 0.468 e. The lowest BCUT2D eigenvalue weighted by Crippen LogP contribution is -2.24. The Kier molecular flexibility index (Phi) is 5.44. The number of esters is 1. The van der Waals surface area contributed by atoms with Gasteiger partial charge in [0.25, 0.3) is 0 Å². The normalized spacial score (nSPS) is 14.1. The minimum atomic E-state index is -0.308. The summed E-state index contributed by atoms with van der Waals surface area (Å²) in [5.41, 5.74) is 6.64. The van der Waals surface area contributed by atoms with Crippen LogP contribution in [0, 0.1) is 5.82 Å². The minimum Gasteiger partial charge on any atom is -0.468 e. The number of hydrogen-bond acceptors (Lipinski definition) is 4. The van der Waals surface area contributed by atoms with Crippen LogP contribution in [-0.4, -0.2) is 24.9 Å². The first-order valence-corrected chi connectivity index (χ1v) is 6.29. The Hall–Kier alpha value is -1.07. The van der Waals surface area contributed by atoms with Gasteiger partial charge in [0.05, 0.1) is 12.9 Å². The number of ether oxygens (including phenoxy) is 1. The average Bonchev–Trinajstić information content (AvgIpc) is 2.28. The second-order valence-corrected chi connectivity index (χ2v) is 4.85. The molecule has 0 aromatic heterocycles. The van der Waals surface area contributed by atoms with Crippen LogP contribution in [0.15, 0.2) is 24.3 Å². The molecule has 5 heteroatoms. The predicted octanol–water partition coefficient (Wildman–Crippen LogP) is 2.12. The van der Waals surface area contributed by atoms with Crippen LogP contribution in [0.25, 0.3) is 0 Å². The molecule has 2 unspecified atom stereocenters. The van der Waals surface area contributed by atoms with Gasteiger partial charge in [-0.3, -0.25) is 4.79 Å². The lowest BCUT2D eigenvalue weighted by molar-refractivity contribution is -0.137. The van der Waals surface area contributed by atoms with Crippen LogP contribution in [0.4, 0.5) is 4.39 Å². The topological polar surface area (TPSA) is 52.3 Å². The van der Waals surface area contributed by atoms with Crippen LogP contribution in [-0.2, 0) is 9.53 Å². The third-order valence-corrected chi connectivity index (χ3v) is 3.73. The molecule has 17 heavy (non-hydrogen) atoms. The van der Waals surface area contributed by atoms with Crippen molar-refractivity contribution in [2.24, 2.45) is 5.73 Å². The van der Waals surface area contributed by atoms with Gasteiger partial charge in [0.15, 0.2) is 0 Å². The van der Waals surface area contributed by atoms with Gasteiger partial charge in [0.1, 0.15) is 5.82 Å². The summed E-state index contributed by atoms with van der Waals surface area (Å²) in [5, 5.41) is -0.121. The number of carbonyl (C=O) groups is 1. The molecule has 94 valence electrons. The summed E-state index contributed by atoms with van der Waals surface area (Å²) in [5.74, 6) is -0.400. The molecule has 1 aromatic rings. The second-order valence-electron chi connectivity index (χ2n) is 3.72. The maximum absolute atomic E-state index is 13.1. The minimum absolute atomic E-state index is 0.121. The van der Waals surface area contributed by atoms with Gasteiger partial charge in [0.2, 0.25) is 0 Å². The standard InChI is InChI=1S/C12H16FNO2S/c1-8(14)12(17-7-11(15)16-2)9-4-3-5-10(13)6-9/h3-6,8,12H,7,14H2,1-2H3. The Morgan fingerprint density at radius 3 is 2.82 bits per heavy atom. The number of hydrogen-bond donors (Lipinski definition) is 1. The molecular formula is C12H16FNO2S. The third-order valence-electron chi connectivity index (χ3n) is 2.26. The molecule has 0 aliphatic carbocycles. The van der Waals surface area contributed by atoms with Crippen LogP contribution in [0.2, 0.25) is 0 Å². The van der Waals surface area contributed by atoms with Crippen LogP contribution in [0.5, 0.6) is 0 Å². The zero-order valence-corrected chi connectivity index (χ0v) is 10.7. The van der Waals surface area contributed by atoms with Gasteiger partial charge in [-0.25, -0.2) is 4.39 Å². The summed E-state index contributed by atoms with van der Waals surface area (Å²) in [7, 11) is 1.34.